The lowest BCUT2D eigenvalue weighted by atomic mass is 10.1. The summed E-state index contributed by atoms with van der Waals surface area (Å²) in [5.41, 5.74) is 0.614. The summed E-state index contributed by atoms with van der Waals surface area (Å²) >= 11 is 0. The second-order valence-electron chi connectivity index (χ2n) is 5.93. The minimum atomic E-state index is -0.862. The van der Waals surface area contributed by atoms with E-state index in [4.69, 9.17) is 0 Å². The van der Waals surface area contributed by atoms with Gasteiger partial charge in [0, 0.05) is 19.6 Å². The summed E-state index contributed by atoms with van der Waals surface area (Å²) in [6, 6.07) is 7.12. The molecule has 134 valence electrons. The van der Waals surface area contributed by atoms with E-state index < -0.39 is 23.9 Å². The number of hydrogen-bond acceptors (Lipinski definition) is 4. The molecule has 4 amide bonds. The van der Waals surface area contributed by atoms with Gasteiger partial charge < -0.3 is 15.0 Å². The molecule has 1 aliphatic heterocycles. The molecule has 0 aromatic heterocycles. The first-order valence-electron chi connectivity index (χ1n) is 8.50. The van der Waals surface area contributed by atoms with Gasteiger partial charge in [-0.05, 0) is 12.0 Å². The minimum absolute atomic E-state index is 0.128. The first kappa shape index (κ1) is 18.6. The summed E-state index contributed by atoms with van der Waals surface area (Å²) in [4.78, 5) is 50.3. The van der Waals surface area contributed by atoms with E-state index in [1.54, 1.807) is 30.3 Å². The predicted molar refractivity (Wildman–Crippen MR) is 91.6 cm³/mol. The minimum Gasteiger partial charge on any atom is -0.333 e. The van der Waals surface area contributed by atoms with Crippen LogP contribution < -0.4 is 5.32 Å². The van der Waals surface area contributed by atoms with Crippen molar-refractivity contribution in [1.82, 2.24) is 15.1 Å². The standard InChI is InChI=1S/C18H23N3O4/c1-2-3-7-10-20-11-12-21(17(24)16(20)23)18(25)19-15(13-22)14-8-5-4-6-9-14/h4-6,8-9,13,15H,2-3,7,10-12H2,1H3,(H,19,25). The number of piperazine rings is 1. The molecule has 0 aliphatic carbocycles. The van der Waals surface area contributed by atoms with Crippen LogP contribution in [0.5, 0.6) is 0 Å². The largest absolute Gasteiger partial charge is 0.333 e. The van der Waals surface area contributed by atoms with Crippen LogP contribution in [0.3, 0.4) is 0 Å². The Labute approximate surface area is 147 Å². The van der Waals surface area contributed by atoms with E-state index in [2.05, 4.69) is 12.2 Å². The highest BCUT2D eigenvalue weighted by Crippen LogP contribution is 2.12. The molecule has 0 spiro atoms. The number of carbonyl (C=O) groups is 4. The van der Waals surface area contributed by atoms with Gasteiger partial charge >= 0.3 is 17.8 Å². The van der Waals surface area contributed by atoms with Gasteiger partial charge in [-0.3, -0.25) is 14.5 Å². The van der Waals surface area contributed by atoms with Crippen molar-refractivity contribution in [2.75, 3.05) is 19.6 Å². The maximum atomic E-state index is 12.3. The zero-order chi connectivity index (χ0) is 18.2. The molecule has 1 aliphatic rings. The van der Waals surface area contributed by atoms with Crippen LogP contribution in [0.25, 0.3) is 0 Å². The first-order chi connectivity index (χ1) is 12.1. The molecule has 1 N–H and O–H groups in total. The van der Waals surface area contributed by atoms with Gasteiger partial charge in [0.25, 0.3) is 0 Å². The summed E-state index contributed by atoms with van der Waals surface area (Å²) in [5, 5.41) is 2.50. The summed E-state index contributed by atoms with van der Waals surface area (Å²) < 4.78 is 0. The second kappa shape index (κ2) is 8.96. The van der Waals surface area contributed by atoms with Crippen LogP contribution in [0.15, 0.2) is 30.3 Å². The van der Waals surface area contributed by atoms with Crippen LogP contribution in [0.4, 0.5) is 4.79 Å². The number of carbonyl (C=O) groups excluding carboxylic acids is 4. The molecule has 0 radical (unpaired) electrons. The monoisotopic (exact) mass is 345 g/mol. The highest BCUT2D eigenvalue weighted by atomic mass is 16.2. The van der Waals surface area contributed by atoms with Crippen LogP contribution in [-0.4, -0.2) is 53.6 Å². The maximum Gasteiger partial charge on any atom is 0.325 e. The number of aldehydes is 1. The molecule has 1 unspecified atom stereocenters. The topological polar surface area (TPSA) is 86.8 Å². The average Bonchev–Trinajstić information content (AvgIpc) is 2.64. The summed E-state index contributed by atoms with van der Waals surface area (Å²) in [5.74, 6) is -1.52. The van der Waals surface area contributed by atoms with Gasteiger partial charge in [0.05, 0.1) is 0 Å². The molecule has 1 fully saturated rings. The van der Waals surface area contributed by atoms with Gasteiger partial charge in [-0.25, -0.2) is 4.79 Å². The summed E-state index contributed by atoms with van der Waals surface area (Å²) in [6.45, 7) is 3.03. The molecule has 1 aromatic rings. The van der Waals surface area contributed by atoms with E-state index in [9.17, 15) is 19.2 Å². The smallest absolute Gasteiger partial charge is 0.325 e. The van der Waals surface area contributed by atoms with Gasteiger partial charge in [0.15, 0.2) is 0 Å². The fraction of sp³-hybridized carbons (Fsp3) is 0.444. The molecular formula is C18H23N3O4. The number of unbranched alkanes of at least 4 members (excludes halogenated alkanes) is 2. The fourth-order valence-corrected chi connectivity index (χ4v) is 2.70. The Bertz CT molecular complexity index is 632. The number of nitrogens with zero attached hydrogens (tertiary/aromatic N) is 2. The number of imide groups is 1. The van der Waals surface area contributed by atoms with E-state index in [1.807, 2.05) is 0 Å². The Morgan fingerprint density at radius 1 is 1.16 bits per heavy atom. The Balaban J connectivity index is 1.97. The fourth-order valence-electron chi connectivity index (χ4n) is 2.70. The quantitative estimate of drug-likeness (QED) is 0.461. The van der Waals surface area contributed by atoms with Crippen molar-refractivity contribution in [1.29, 1.82) is 0 Å². The molecule has 0 saturated carbocycles. The van der Waals surface area contributed by atoms with E-state index in [0.717, 1.165) is 24.2 Å². The summed E-state index contributed by atoms with van der Waals surface area (Å²) in [7, 11) is 0. The second-order valence-corrected chi connectivity index (χ2v) is 5.93. The zero-order valence-corrected chi connectivity index (χ0v) is 14.3. The number of rotatable bonds is 7. The zero-order valence-electron chi connectivity index (χ0n) is 14.3. The Kier molecular flexibility index (Phi) is 6.68. The highest BCUT2D eigenvalue weighted by molar-refractivity contribution is 6.38. The average molecular weight is 345 g/mol. The van der Waals surface area contributed by atoms with E-state index in [1.165, 1.54) is 4.90 Å². The molecular weight excluding hydrogens is 322 g/mol. The Morgan fingerprint density at radius 3 is 2.52 bits per heavy atom. The van der Waals surface area contributed by atoms with Crippen molar-refractivity contribution < 1.29 is 19.2 Å². The predicted octanol–water partition coefficient (Wildman–Crippen LogP) is 1.50. The van der Waals surface area contributed by atoms with Crippen molar-refractivity contribution in [2.24, 2.45) is 0 Å². The molecule has 7 heteroatoms. The van der Waals surface area contributed by atoms with Gasteiger partial charge in [-0.2, -0.15) is 0 Å². The van der Waals surface area contributed by atoms with Crippen LogP contribution in [-0.2, 0) is 14.4 Å². The third-order valence-corrected chi connectivity index (χ3v) is 4.16. The number of nitrogens with one attached hydrogen (secondary N) is 1. The van der Waals surface area contributed by atoms with Crippen molar-refractivity contribution in [3.8, 4) is 0 Å². The Hall–Kier alpha value is -2.70. The molecule has 0 bridgehead atoms. The molecule has 1 atom stereocenters. The molecule has 2 rings (SSSR count). The third kappa shape index (κ3) is 4.65. The maximum absolute atomic E-state index is 12.3. The van der Waals surface area contributed by atoms with Crippen molar-refractivity contribution in [2.45, 2.75) is 32.2 Å². The van der Waals surface area contributed by atoms with E-state index in [-0.39, 0.29) is 6.54 Å². The molecule has 1 aromatic carbocycles. The highest BCUT2D eigenvalue weighted by Gasteiger charge is 2.36. The van der Waals surface area contributed by atoms with Gasteiger partial charge in [0.2, 0.25) is 0 Å². The third-order valence-electron chi connectivity index (χ3n) is 4.16. The van der Waals surface area contributed by atoms with Crippen LogP contribution >= 0.6 is 0 Å². The SMILES string of the molecule is CCCCCN1CCN(C(=O)NC(C=O)c2ccccc2)C(=O)C1=O. The van der Waals surface area contributed by atoms with Crippen LogP contribution in [0.2, 0.25) is 0 Å². The van der Waals surface area contributed by atoms with Crippen molar-refractivity contribution in [3.63, 3.8) is 0 Å². The van der Waals surface area contributed by atoms with Crippen molar-refractivity contribution in [3.05, 3.63) is 35.9 Å². The number of hydrogen-bond donors (Lipinski definition) is 1. The molecule has 7 nitrogen and oxygen atoms in total. The molecule has 25 heavy (non-hydrogen) atoms. The molecule has 1 saturated heterocycles. The van der Waals surface area contributed by atoms with Crippen LogP contribution in [0.1, 0.15) is 37.8 Å². The number of amides is 4. The first-order valence-corrected chi connectivity index (χ1v) is 8.50. The van der Waals surface area contributed by atoms with E-state index >= 15 is 0 Å². The van der Waals surface area contributed by atoms with Crippen molar-refractivity contribution >= 4 is 24.1 Å². The number of benzene rings is 1. The lowest BCUT2D eigenvalue weighted by Crippen LogP contribution is -2.58. The lowest BCUT2D eigenvalue weighted by molar-refractivity contribution is -0.153. The Morgan fingerprint density at radius 2 is 1.88 bits per heavy atom. The normalized spacial score (nSPS) is 15.9. The van der Waals surface area contributed by atoms with E-state index in [0.29, 0.717) is 24.9 Å². The lowest BCUT2D eigenvalue weighted by Gasteiger charge is -2.33. The van der Waals surface area contributed by atoms with Gasteiger partial charge in [-0.15, -0.1) is 0 Å². The number of urea groups is 1. The summed E-state index contributed by atoms with van der Waals surface area (Å²) in [6.07, 6.45) is 3.45. The van der Waals surface area contributed by atoms with Gasteiger partial charge in [-0.1, -0.05) is 50.1 Å². The van der Waals surface area contributed by atoms with Crippen LogP contribution in [0, 0.1) is 0 Å². The van der Waals surface area contributed by atoms with Gasteiger partial charge in [0.1, 0.15) is 12.3 Å². The molecule has 1 heterocycles.